The second-order valence-corrected chi connectivity index (χ2v) is 5.91. The van der Waals surface area contributed by atoms with Crippen LogP contribution >= 0.6 is 15.9 Å². The molecule has 5 heteroatoms. The molecule has 0 saturated heterocycles. The van der Waals surface area contributed by atoms with Gasteiger partial charge in [0.05, 0.1) is 11.3 Å². The number of halogens is 1. The van der Waals surface area contributed by atoms with Gasteiger partial charge in [-0.2, -0.15) is 0 Å². The van der Waals surface area contributed by atoms with Gasteiger partial charge in [-0.3, -0.25) is 4.79 Å². The number of nitrogens with zero attached hydrogens (tertiary/aromatic N) is 2. The molecule has 2 aromatic carbocycles. The van der Waals surface area contributed by atoms with Gasteiger partial charge in [0, 0.05) is 16.2 Å². The molecule has 0 bridgehead atoms. The Morgan fingerprint density at radius 1 is 1.13 bits per heavy atom. The highest BCUT2D eigenvalue weighted by molar-refractivity contribution is 9.10. The van der Waals surface area contributed by atoms with Gasteiger partial charge < -0.3 is 5.32 Å². The van der Waals surface area contributed by atoms with Crippen LogP contribution in [0.3, 0.4) is 0 Å². The molecule has 0 fully saturated rings. The normalized spacial score (nSPS) is 10.5. The number of aryl methyl sites for hydroxylation is 1. The Balaban J connectivity index is 1.89. The zero-order valence-corrected chi connectivity index (χ0v) is 14.2. The summed E-state index contributed by atoms with van der Waals surface area (Å²) in [6.07, 6.45) is 0.826. The van der Waals surface area contributed by atoms with Crippen molar-refractivity contribution in [2.45, 2.75) is 13.3 Å². The number of carbonyl (C=O) groups excluding carboxylic acids is 1. The number of hydrogen-bond acceptors (Lipinski definition) is 2. The molecule has 3 rings (SSSR count). The molecule has 0 unspecified atom stereocenters. The van der Waals surface area contributed by atoms with Crippen LogP contribution in [0.1, 0.15) is 23.0 Å². The Kier molecular flexibility index (Phi) is 4.57. The molecule has 0 aliphatic heterocycles. The Hall–Kier alpha value is -2.40. The van der Waals surface area contributed by atoms with Crippen molar-refractivity contribution in [2.75, 3.05) is 5.32 Å². The van der Waals surface area contributed by atoms with Gasteiger partial charge >= 0.3 is 0 Å². The topological polar surface area (TPSA) is 46.9 Å². The van der Waals surface area contributed by atoms with Gasteiger partial charge in [-0.05, 0) is 46.6 Å². The highest BCUT2D eigenvalue weighted by atomic mass is 79.9. The van der Waals surface area contributed by atoms with Crippen molar-refractivity contribution in [3.05, 3.63) is 76.4 Å². The van der Waals surface area contributed by atoms with Crippen molar-refractivity contribution in [2.24, 2.45) is 0 Å². The Morgan fingerprint density at radius 2 is 1.83 bits per heavy atom. The van der Waals surface area contributed by atoms with E-state index in [1.54, 1.807) is 6.07 Å². The maximum absolute atomic E-state index is 12.4. The average Bonchev–Trinajstić information content (AvgIpc) is 2.99. The molecule has 0 aliphatic rings. The summed E-state index contributed by atoms with van der Waals surface area (Å²) in [5.74, 6) is 0.365. The van der Waals surface area contributed by atoms with Crippen molar-refractivity contribution < 1.29 is 4.79 Å². The molecule has 1 amide bonds. The maximum atomic E-state index is 12.4. The summed E-state index contributed by atoms with van der Waals surface area (Å²) in [6, 6.07) is 19.1. The molecule has 3 aromatic rings. The zero-order valence-electron chi connectivity index (χ0n) is 12.7. The predicted molar refractivity (Wildman–Crippen MR) is 95.0 cm³/mol. The average molecular weight is 370 g/mol. The van der Waals surface area contributed by atoms with Crippen LogP contribution in [-0.4, -0.2) is 15.7 Å². The number of benzene rings is 2. The SMILES string of the molecule is CCc1cc(NC(=O)c2ccccc2Br)nn1-c1ccccc1. The fourth-order valence-corrected chi connectivity index (χ4v) is 2.82. The van der Waals surface area contributed by atoms with Gasteiger partial charge in [-0.1, -0.05) is 37.3 Å². The molecular weight excluding hydrogens is 354 g/mol. The summed E-state index contributed by atoms with van der Waals surface area (Å²) in [5.41, 5.74) is 2.60. The van der Waals surface area contributed by atoms with Gasteiger partial charge in [0.25, 0.3) is 5.91 Å². The number of carbonyl (C=O) groups is 1. The quantitative estimate of drug-likeness (QED) is 0.738. The molecular formula is C18H16BrN3O. The third-order valence-electron chi connectivity index (χ3n) is 3.51. The smallest absolute Gasteiger partial charge is 0.258 e. The minimum atomic E-state index is -0.183. The van der Waals surface area contributed by atoms with E-state index in [1.807, 2.05) is 59.3 Å². The van der Waals surface area contributed by atoms with Gasteiger partial charge in [0.15, 0.2) is 5.82 Å². The molecule has 0 spiro atoms. The Bertz CT molecular complexity index is 827. The standard InChI is InChI=1S/C18H16BrN3O/c1-2-13-12-17(21-22(13)14-8-4-3-5-9-14)20-18(23)15-10-6-7-11-16(15)19/h3-12H,2H2,1H3,(H,20,21,23). The van der Waals surface area contributed by atoms with Crippen LogP contribution in [0.25, 0.3) is 5.69 Å². The van der Waals surface area contributed by atoms with Gasteiger partial charge in [-0.15, -0.1) is 5.10 Å². The lowest BCUT2D eigenvalue weighted by atomic mass is 10.2. The van der Waals surface area contributed by atoms with Crippen molar-refractivity contribution in [1.29, 1.82) is 0 Å². The second kappa shape index (κ2) is 6.79. The van der Waals surface area contributed by atoms with Crippen LogP contribution < -0.4 is 5.32 Å². The molecule has 0 radical (unpaired) electrons. The summed E-state index contributed by atoms with van der Waals surface area (Å²) in [5, 5.41) is 7.38. The number of amides is 1. The second-order valence-electron chi connectivity index (χ2n) is 5.06. The summed E-state index contributed by atoms with van der Waals surface area (Å²) >= 11 is 3.39. The van der Waals surface area contributed by atoms with E-state index in [1.165, 1.54) is 0 Å². The van der Waals surface area contributed by atoms with Crippen molar-refractivity contribution in [3.8, 4) is 5.69 Å². The summed E-state index contributed by atoms with van der Waals surface area (Å²) < 4.78 is 2.62. The predicted octanol–water partition coefficient (Wildman–Crippen LogP) is 4.45. The first-order valence-electron chi connectivity index (χ1n) is 7.39. The number of aromatic nitrogens is 2. The third kappa shape index (κ3) is 3.35. The summed E-state index contributed by atoms with van der Waals surface area (Å²) in [6.45, 7) is 2.07. The first-order chi connectivity index (χ1) is 11.2. The highest BCUT2D eigenvalue weighted by Crippen LogP contribution is 2.20. The maximum Gasteiger partial charge on any atom is 0.258 e. The highest BCUT2D eigenvalue weighted by Gasteiger charge is 2.13. The first-order valence-corrected chi connectivity index (χ1v) is 8.18. The number of rotatable bonds is 4. The fraction of sp³-hybridized carbons (Fsp3) is 0.111. The molecule has 0 atom stereocenters. The molecule has 4 nitrogen and oxygen atoms in total. The van der Waals surface area contributed by atoms with Gasteiger partial charge in [0.2, 0.25) is 0 Å². The third-order valence-corrected chi connectivity index (χ3v) is 4.20. The molecule has 1 aromatic heterocycles. The summed E-state index contributed by atoms with van der Waals surface area (Å²) in [4.78, 5) is 12.4. The van der Waals surface area contributed by atoms with Crippen LogP contribution in [-0.2, 0) is 6.42 Å². The van der Waals surface area contributed by atoms with E-state index in [-0.39, 0.29) is 5.91 Å². The van der Waals surface area contributed by atoms with Gasteiger partial charge in [-0.25, -0.2) is 4.68 Å². The van der Waals surface area contributed by atoms with Crippen LogP contribution in [0.2, 0.25) is 0 Å². The van der Waals surface area contributed by atoms with Crippen molar-refractivity contribution in [3.63, 3.8) is 0 Å². The Morgan fingerprint density at radius 3 is 2.52 bits per heavy atom. The minimum absolute atomic E-state index is 0.183. The summed E-state index contributed by atoms with van der Waals surface area (Å²) in [7, 11) is 0. The van der Waals surface area contributed by atoms with E-state index in [0.29, 0.717) is 11.4 Å². The number of hydrogen-bond donors (Lipinski definition) is 1. The molecule has 116 valence electrons. The van der Waals surface area contributed by atoms with Crippen LogP contribution in [0.4, 0.5) is 5.82 Å². The lowest BCUT2D eigenvalue weighted by Gasteiger charge is -2.05. The largest absolute Gasteiger partial charge is 0.305 e. The lowest BCUT2D eigenvalue weighted by Crippen LogP contribution is -2.13. The van der Waals surface area contributed by atoms with Crippen LogP contribution in [0.5, 0.6) is 0 Å². The molecule has 1 N–H and O–H groups in total. The molecule has 1 heterocycles. The van der Waals surface area contributed by atoms with E-state index < -0.39 is 0 Å². The van der Waals surface area contributed by atoms with E-state index in [9.17, 15) is 4.79 Å². The molecule has 0 saturated carbocycles. The zero-order chi connectivity index (χ0) is 16.2. The Labute approximate surface area is 143 Å². The van der Waals surface area contributed by atoms with Gasteiger partial charge in [0.1, 0.15) is 0 Å². The minimum Gasteiger partial charge on any atom is -0.305 e. The number of nitrogens with one attached hydrogen (secondary N) is 1. The van der Waals surface area contributed by atoms with E-state index in [2.05, 4.69) is 33.3 Å². The van der Waals surface area contributed by atoms with Crippen LogP contribution in [0.15, 0.2) is 65.1 Å². The fourth-order valence-electron chi connectivity index (χ4n) is 2.35. The lowest BCUT2D eigenvalue weighted by molar-refractivity contribution is 0.102. The van der Waals surface area contributed by atoms with E-state index in [0.717, 1.165) is 22.3 Å². The monoisotopic (exact) mass is 369 g/mol. The first kappa shape index (κ1) is 15.5. The number of anilines is 1. The van der Waals surface area contributed by atoms with E-state index in [4.69, 9.17) is 0 Å². The van der Waals surface area contributed by atoms with Crippen LogP contribution in [0, 0.1) is 0 Å². The number of para-hydroxylation sites is 1. The van der Waals surface area contributed by atoms with Crippen molar-refractivity contribution >= 4 is 27.7 Å². The van der Waals surface area contributed by atoms with E-state index >= 15 is 0 Å². The van der Waals surface area contributed by atoms with Crippen molar-refractivity contribution in [1.82, 2.24) is 9.78 Å². The molecule has 0 aliphatic carbocycles. The molecule has 23 heavy (non-hydrogen) atoms.